The monoisotopic (exact) mass is 355 g/mol. The van der Waals surface area contributed by atoms with Gasteiger partial charge in [0.1, 0.15) is 16.5 Å². The van der Waals surface area contributed by atoms with Crippen molar-refractivity contribution >= 4 is 49.1 Å². The fraction of sp³-hybridized carbons (Fsp3) is 0. The first-order valence-electron chi connectivity index (χ1n) is 5.32. The molecule has 96 valence electrons. The van der Waals surface area contributed by atoms with Crippen molar-refractivity contribution in [3.05, 3.63) is 39.8 Å². The highest BCUT2D eigenvalue weighted by molar-refractivity contribution is 9.10. The van der Waals surface area contributed by atoms with E-state index in [0.717, 1.165) is 25.3 Å². The Morgan fingerprint density at radius 2 is 1.95 bits per heavy atom. The summed E-state index contributed by atoms with van der Waals surface area (Å²) in [6.45, 7) is 0. The summed E-state index contributed by atoms with van der Waals surface area (Å²) in [6.07, 6.45) is 0. The largest absolute Gasteiger partial charge is 0.508 e. The molecule has 0 bridgehead atoms. The summed E-state index contributed by atoms with van der Waals surface area (Å²) >= 11 is 10.8. The lowest BCUT2D eigenvalue weighted by molar-refractivity contribution is 0.475. The van der Waals surface area contributed by atoms with Crippen molar-refractivity contribution in [2.45, 2.75) is 0 Å². The van der Waals surface area contributed by atoms with Gasteiger partial charge in [0.15, 0.2) is 0 Å². The van der Waals surface area contributed by atoms with Crippen LogP contribution in [0.2, 0.25) is 5.02 Å². The van der Waals surface area contributed by atoms with Crippen molar-refractivity contribution in [2.75, 3.05) is 0 Å². The van der Waals surface area contributed by atoms with E-state index in [1.807, 2.05) is 0 Å². The lowest BCUT2D eigenvalue weighted by Gasteiger charge is -1.99. The summed E-state index contributed by atoms with van der Waals surface area (Å²) in [5.41, 5.74) is 1.55. The zero-order valence-corrected chi connectivity index (χ0v) is 12.6. The third kappa shape index (κ3) is 2.29. The van der Waals surface area contributed by atoms with Gasteiger partial charge in [0.05, 0.1) is 15.2 Å². The summed E-state index contributed by atoms with van der Waals surface area (Å²) in [7, 11) is 0. The van der Waals surface area contributed by atoms with Crippen LogP contribution in [0.5, 0.6) is 11.5 Å². The summed E-state index contributed by atoms with van der Waals surface area (Å²) in [5, 5.41) is 20.0. The minimum Gasteiger partial charge on any atom is -0.508 e. The van der Waals surface area contributed by atoms with Gasteiger partial charge in [-0.2, -0.15) is 0 Å². The first kappa shape index (κ1) is 12.7. The number of benzene rings is 2. The number of aromatic nitrogens is 1. The molecule has 0 atom stereocenters. The third-order valence-electron chi connectivity index (χ3n) is 2.62. The summed E-state index contributed by atoms with van der Waals surface area (Å²) in [6, 6.07) is 8.21. The van der Waals surface area contributed by atoms with Crippen LogP contribution in [-0.4, -0.2) is 15.2 Å². The molecule has 0 aliphatic rings. The first-order valence-corrected chi connectivity index (χ1v) is 7.31. The molecule has 3 rings (SSSR count). The maximum atomic E-state index is 9.55. The highest BCUT2D eigenvalue weighted by Crippen LogP contribution is 2.38. The maximum absolute atomic E-state index is 9.55. The van der Waals surface area contributed by atoms with Gasteiger partial charge in [-0.15, -0.1) is 11.3 Å². The van der Waals surface area contributed by atoms with E-state index < -0.39 is 0 Å². The number of hydrogen-bond donors (Lipinski definition) is 2. The minimum atomic E-state index is 0.0466. The summed E-state index contributed by atoms with van der Waals surface area (Å²) in [4.78, 5) is 4.46. The number of rotatable bonds is 1. The Morgan fingerprint density at radius 1 is 1.16 bits per heavy atom. The van der Waals surface area contributed by atoms with Crippen molar-refractivity contribution in [2.24, 2.45) is 0 Å². The second-order valence-corrected chi connectivity index (χ2v) is 6.22. The molecule has 1 aromatic heterocycles. The predicted molar refractivity (Wildman–Crippen MR) is 81.1 cm³/mol. The molecule has 0 aliphatic heterocycles. The SMILES string of the molecule is Oc1cc(Br)c2sc(-c3ccc(O)c(Cl)c3)nc2c1. The molecular formula is C13H7BrClNO2S. The highest BCUT2D eigenvalue weighted by Gasteiger charge is 2.11. The molecule has 0 radical (unpaired) electrons. The normalized spacial score (nSPS) is 11.1. The molecule has 0 fully saturated rings. The van der Waals surface area contributed by atoms with E-state index in [9.17, 15) is 10.2 Å². The van der Waals surface area contributed by atoms with E-state index in [2.05, 4.69) is 20.9 Å². The predicted octanol–water partition coefficient (Wildman–Crippen LogP) is 4.79. The molecule has 0 saturated carbocycles. The zero-order valence-electron chi connectivity index (χ0n) is 9.39. The number of fused-ring (bicyclic) bond motifs is 1. The van der Waals surface area contributed by atoms with Crippen LogP contribution < -0.4 is 0 Å². The number of hydrogen-bond acceptors (Lipinski definition) is 4. The molecule has 19 heavy (non-hydrogen) atoms. The van der Waals surface area contributed by atoms with Crippen molar-refractivity contribution in [3.63, 3.8) is 0 Å². The van der Waals surface area contributed by atoms with Crippen molar-refractivity contribution in [3.8, 4) is 22.1 Å². The Bertz CT molecular complexity index is 788. The van der Waals surface area contributed by atoms with E-state index in [1.165, 1.54) is 17.4 Å². The molecule has 6 heteroatoms. The number of phenols is 2. The molecule has 2 aromatic carbocycles. The second-order valence-electron chi connectivity index (χ2n) is 3.96. The van der Waals surface area contributed by atoms with E-state index in [4.69, 9.17) is 11.6 Å². The quantitative estimate of drug-likeness (QED) is 0.659. The molecule has 0 unspecified atom stereocenters. The molecule has 0 aliphatic carbocycles. The first-order chi connectivity index (χ1) is 9.04. The van der Waals surface area contributed by atoms with Gasteiger partial charge in [-0.05, 0) is 40.2 Å². The number of nitrogens with zero attached hydrogens (tertiary/aromatic N) is 1. The average molecular weight is 357 g/mol. The Hall–Kier alpha value is -1.30. The summed E-state index contributed by atoms with van der Waals surface area (Å²) < 4.78 is 1.76. The van der Waals surface area contributed by atoms with Crippen LogP contribution in [0.3, 0.4) is 0 Å². The topological polar surface area (TPSA) is 53.4 Å². The lowest BCUT2D eigenvalue weighted by atomic mass is 10.2. The number of halogens is 2. The lowest BCUT2D eigenvalue weighted by Crippen LogP contribution is -1.76. The van der Waals surface area contributed by atoms with Crippen LogP contribution >= 0.6 is 38.9 Å². The fourth-order valence-corrected chi connectivity index (χ4v) is 3.55. The number of thiazole rings is 1. The van der Waals surface area contributed by atoms with Gasteiger partial charge in [0, 0.05) is 16.1 Å². The molecule has 0 amide bonds. The van der Waals surface area contributed by atoms with Gasteiger partial charge < -0.3 is 10.2 Å². The number of aromatic hydroxyl groups is 2. The Kier molecular flexibility index (Phi) is 3.12. The van der Waals surface area contributed by atoms with Crippen LogP contribution in [0.4, 0.5) is 0 Å². The third-order valence-corrected chi connectivity index (χ3v) is 4.97. The van der Waals surface area contributed by atoms with Gasteiger partial charge >= 0.3 is 0 Å². The van der Waals surface area contributed by atoms with E-state index in [1.54, 1.807) is 24.3 Å². The molecule has 1 heterocycles. The maximum Gasteiger partial charge on any atom is 0.134 e. The van der Waals surface area contributed by atoms with E-state index in [-0.39, 0.29) is 11.5 Å². The zero-order chi connectivity index (χ0) is 13.6. The van der Waals surface area contributed by atoms with Crippen molar-refractivity contribution in [1.29, 1.82) is 0 Å². The Balaban J connectivity index is 2.20. The number of phenolic OH excluding ortho intramolecular Hbond substituents is 2. The second kappa shape index (κ2) is 4.67. The molecule has 0 saturated heterocycles. The van der Waals surface area contributed by atoms with E-state index in [0.29, 0.717) is 5.02 Å². The smallest absolute Gasteiger partial charge is 0.134 e. The standard InChI is InChI=1S/C13H7BrClNO2S/c14-8-4-7(17)5-10-12(8)19-13(16-10)6-1-2-11(18)9(15)3-6/h1-5,17-18H. The average Bonchev–Trinajstić information content (AvgIpc) is 2.76. The van der Waals surface area contributed by atoms with Gasteiger partial charge in [-0.25, -0.2) is 4.98 Å². The molecule has 0 spiro atoms. The van der Waals surface area contributed by atoms with Gasteiger partial charge in [-0.3, -0.25) is 0 Å². The van der Waals surface area contributed by atoms with E-state index >= 15 is 0 Å². The molecular weight excluding hydrogens is 350 g/mol. The molecule has 2 N–H and O–H groups in total. The molecule has 3 nitrogen and oxygen atoms in total. The van der Waals surface area contributed by atoms with Crippen LogP contribution in [0, 0.1) is 0 Å². The highest BCUT2D eigenvalue weighted by atomic mass is 79.9. The van der Waals surface area contributed by atoms with Crippen LogP contribution in [0.25, 0.3) is 20.8 Å². The minimum absolute atomic E-state index is 0.0466. The van der Waals surface area contributed by atoms with Crippen LogP contribution in [0.1, 0.15) is 0 Å². The molecule has 3 aromatic rings. The fourth-order valence-electron chi connectivity index (χ4n) is 1.74. The van der Waals surface area contributed by atoms with Gasteiger partial charge in [0.25, 0.3) is 0 Å². The van der Waals surface area contributed by atoms with Crippen molar-refractivity contribution in [1.82, 2.24) is 4.98 Å². The van der Waals surface area contributed by atoms with Gasteiger partial charge in [-0.1, -0.05) is 11.6 Å². The Labute approximate surface area is 126 Å². The summed E-state index contributed by atoms with van der Waals surface area (Å²) in [5.74, 6) is 0.213. The van der Waals surface area contributed by atoms with Crippen LogP contribution in [-0.2, 0) is 0 Å². The Morgan fingerprint density at radius 3 is 2.68 bits per heavy atom. The van der Waals surface area contributed by atoms with Crippen LogP contribution in [0.15, 0.2) is 34.8 Å². The van der Waals surface area contributed by atoms with Crippen molar-refractivity contribution < 1.29 is 10.2 Å². The van der Waals surface area contributed by atoms with Gasteiger partial charge in [0.2, 0.25) is 0 Å².